The quantitative estimate of drug-likeness (QED) is 0.761. The highest BCUT2D eigenvalue weighted by Gasteiger charge is 2.33. The zero-order valence-electron chi connectivity index (χ0n) is 10.4. The van der Waals surface area contributed by atoms with E-state index in [0.717, 1.165) is 24.3 Å². The fourth-order valence-corrected chi connectivity index (χ4v) is 1.99. The standard InChI is InChI=1S/C14H9ClF5N/c15-13-2-1-11(6-12(13)14(18,19)20)21-7-8-3-9(16)5-10(17)4-8/h1-6,21H,7H2. The van der Waals surface area contributed by atoms with Gasteiger partial charge in [-0.15, -0.1) is 0 Å². The SMILES string of the molecule is Fc1cc(F)cc(CNc2ccc(Cl)c(C(F)(F)F)c2)c1. The first-order chi connectivity index (χ1) is 9.75. The van der Waals surface area contributed by atoms with Gasteiger partial charge >= 0.3 is 6.18 Å². The van der Waals surface area contributed by atoms with Crippen molar-refractivity contribution in [2.45, 2.75) is 12.7 Å². The van der Waals surface area contributed by atoms with Gasteiger partial charge in [0.05, 0.1) is 10.6 Å². The van der Waals surface area contributed by atoms with Crippen LogP contribution in [0.4, 0.5) is 27.6 Å². The Morgan fingerprint density at radius 2 is 1.57 bits per heavy atom. The maximum atomic E-state index is 13.0. The molecule has 7 heteroatoms. The van der Waals surface area contributed by atoms with Crippen LogP contribution in [-0.4, -0.2) is 0 Å². The van der Waals surface area contributed by atoms with Crippen molar-refractivity contribution in [3.8, 4) is 0 Å². The van der Waals surface area contributed by atoms with Gasteiger partial charge in [-0.1, -0.05) is 11.6 Å². The van der Waals surface area contributed by atoms with Crippen LogP contribution < -0.4 is 5.32 Å². The Hall–Kier alpha value is -1.82. The monoisotopic (exact) mass is 321 g/mol. The Morgan fingerprint density at radius 3 is 2.14 bits per heavy atom. The van der Waals surface area contributed by atoms with Crippen molar-refractivity contribution in [2.24, 2.45) is 0 Å². The van der Waals surface area contributed by atoms with E-state index in [9.17, 15) is 22.0 Å². The molecular weight excluding hydrogens is 313 g/mol. The normalized spacial score (nSPS) is 11.5. The van der Waals surface area contributed by atoms with Crippen LogP contribution in [0.2, 0.25) is 5.02 Å². The predicted molar refractivity (Wildman–Crippen MR) is 70.1 cm³/mol. The van der Waals surface area contributed by atoms with Crippen LogP contribution in [0.5, 0.6) is 0 Å². The molecule has 0 bridgehead atoms. The van der Waals surface area contributed by atoms with E-state index in [1.54, 1.807) is 0 Å². The molecule has 0 aliphatic rings. The molecule has 1 nitrogen and oxygen atoms in total. The molecule has 0 aliphatic heterocycles. The largest absolute Gasteiger partial charge is 0.417 e. The third kappa shape index (κ3) is 4.07. The summed E-state index contributed by atoms with van der Waals surface area (Å²) in [6.45, 7) is -0.0202. The summed E-state index contributed by atoms with van der Waals surface area (Å²) in [6, 6.07) is 6.21. The van der Waals surface area contributed by atoms with Crippen LogP contribution >= 0.6 is 11.6 Å². The van der Waals surface area contributed by atoms with Gasteiger partial charge in [-0.25, -0.2) is 8.78 Å². The van der Waals surface area contributed by atoms with Crippen LogP contribution in [0.3, 0.4) is 0 Å². The van der Waals surface area contributed by atoms with Gasteiger partial charge in [-0.2, -0.15) is 13.2 Å². The molecule has 0 aromatic heterocycles. The van der Waals surface area contributed by atoms with Crippen LogP contribution in [0.15, 0.2) is 36.4 Å². The molecule has 0 amide bonds. The minimum absolute atomic E-state index is 0.0202. The summed E-state index contributed by atoms with van der Waals surface area (Å²) in [5.74, 6) is -1.50. The molecule has 0 unspecified atom stereocenters. The lowest BCUT2D eigenvalue weighted by molar-refractivity contribution is -0.137. The average molecular weight is 322 g/mol. The summed E-state index contributed by atoms with van der Waals surface area (Å²) in [5.41, 5.74) is -0.549. The van der Waals surface area contributed by atoms with E-state index in [2.05, 4.69) is 5.32 Å². The molecule has 21 heavy (non-hydrogen) atoms. The summed E-state index contributed by atoms with van der Waals surface area (Å²) < 4.78 is 64.0. The highest BCUT2D eigenvalue weighted by Crippen LogP contribution is 2.36. The highest BCUT2D eigenvalue weighted by molar-refractivity contribution is 6.31. The van der Waals surface area contributed by atoms with Gasteiger partial charge < -0.3 is 5.32 Å². The molecule has 2 aromatic rings. The maximum absolute atomic E-state index is 13.0. The smallest absolute Gasteiger partial charge is 0.381 e. The number of anilines is 1. The Balaban J connectivity index is 2.17. The van der Waals surface area contributed by atoms with Crippen LogP contribution in [0, 0.1) is 11.6 Å². The molecule has 0 radical (unpaired) electrons. The Bertz CT molecular complexity index is 634. The van der Waals surface area contributed by atoms with Crippen molar-refractivity contribution in [3.63, 3.8) is 0 Å². The first kappa shape index (κ1) is 15.6. The van der Waals surface area contributed by atoms with Crippen molar-refractivity contribution in [2.75, 3.05) is 5.32 Å². The number of rotatable bonds is 3. The number of hydrogen-bond acceptors (Lipinski definition) is 1. The Labute approximate surface area is 122 Å². The number of benzene rings is 2. The van der Waals surface area contributed by atoms with E-state index in [1.165, 1.54) is 6.07 Å². The third-order valence-electron chi connectivity index (χ3n) is 2.69. The number of alkyl halides is 3. The molecular formula is C14H9ClF5N. The summed E-state index contributed by atoms with van der Waals surface area (Å²) in [5, 5.41) is 2.25. The molecule has 0 heterocycles. The average Bonchev–Trinajstić information content (AvgIpc) is 2.35. The third-order valence-corrected chi connectivity index (χ3v) is 3.02. The summed E-state index contributed by atoms with van der Waals surface area (Å²) in [6.07, 6.45) is -4.57. The number of halogens is 6. The molecule has 0 saturated carbocycles. The van der Waals surface area contributed by atoms with Crippen LogP contribution in [0.1, 0.15) is 11.1 Å². The van der Waals surface area contributed by atoms with Gasteiger partial charge in [0.25, 0.3) is 0 Å². The van der Waals surface area contributed by atoms with Gasteiger partial charge in [-0.05, 0) is 35.9 Å². The van der Waals surface area contributed by atoms with E-state index in [4.69, 9.17) is 11.6 Å². The van der Waals surface area contributed by atoms with Crippen molar-refractivity contribution < 1.29 is 22.0 Å². The maximum Gasteiger partial charge on any atom is 0.417 e. The first-order valence-corrected chi connectivity index (χ1v) is 6.19. The zero-order chi connectivity index (χ0) is 15.6. The lowest BCUT2D eigenvalue weighted by atomic mass is 10.1. The summed E-state index contributed by atoms with van der Waals surface area (Å²) in [7, 11) is 0. The first-order valence-electron chi connectivity index (χ1n) is 5.81. The second-order valence-corrected chi connectivity index (χ2v) is 4.73. The fourth-order valence-electron chi connectivity index (χ4n) is 1.77. The van der Waals surface area contributed by atoms with Crippen molar-refractivity contribution in [1.82, 2.24) is 0 Å². The molecule has 2 rings (SSSR count). The van der Waals surface area contributed by atoms with Gasteiger partial charge in [0.1, 0.15) is 11.6 Å². The van der Waals surface area contributed by atoms with Crippen molar-refractivity contribution in [3.05, 3.63) is 64.2 Å². The predicted octanol–water partition coefficient (Wildman–Crippen LogP) is 5.25. The second-order valence-electron chi connectivity index (χ2n) is 4.32. The minimum atomic E-state index is -4.57. The van der Waals surface area contributed by atoms with Gasteiger partial charge in [0.2, 0.25) is 0 Å². The van der Waals surface area contributed by atoms with Crippen LogP contribution in [-0.2, 0) is 12.7 Å². The molecule has 0 atom stereocenters. The van der Waals surface area contributed by atoms with E-state index in [1.807, 2.05) is 0 Å². The van der Waals surface area contributed by atoms with E-state index in [0.29, 0.717) is 6.07 Å². The molecule has 0 fully saturated rings. The second kappa shape index (κ2) is 5.89. The lowest BCUT2D eigenvalue weighted by Gasteiger charge is -2.12. The number of nitrogens with one attached hydrogen (secondary N) is 1. The molecule has 112 valence electrons. The highest BCUT2D eigenvalue weighted by atomic mass is 35.5. The lowest BCUT2D eigenvalue weighted by Crippen LogP contribution is -2.07. The molecule has 0 aliphatic carbocycles. The molecule has 0 saturated heterocycles. The Morgan fingerprint density at radius 1 is 0.952 bits per heavy atom. The zero-order valence-corrected chi connectivity index (χ0v) is 11.2. The fraction of sp³-hybridized carbons (Fsp3) is 0.143. The van der Waals surface area contributed by atoms with Crippen molar-refractivity contribution >= 4 is 17.3 Å². The van der Waals surface area contributed by atoms with E-state index >= 15 is 0 Å². The van der Waals surface area contributed by atoms with Crippen LogP contribution in [0.25, 0.3) is 0 Å². The van der Waals surface area contributed by atoms with Gasteiger partial charge in [0, 0.05) is 18.3 Å². The molecule has 0 spiro atoms. The Kier molecular flexibility index (Phi) is 4.37. The number of hydrogen-bond donors (Lipinski definition) is 1. The summed E-state index contributed by atoms with van der Waals surface area (Å²) in [4.78, 5) is 0. The summed E-state index contributed by atoms with van der Waals surface area (Å²) >= 11 is 5.49. The molecule has 1 N–H and O–H groups in total. The van der Waals surface area contributed by atoms with Gasteiger partial charge in [0.15, 0.2) is 0 Å². The molecule has 2 aromatic carbocycles. The van der Waals surface area contributed by atoms with E-state index < -0.39 is 28.4 Å². The topological polar surface area (TPSA) is 12.0 Å². The minimum Gasteiger partial charge on any atom is -0.381 e. The van der Waals surface area contributed by atoms with Gasteiger partial charge in [-0.3, -0.25) is 0 Å². The van der Waals surface area contributed by atoms with Crippen molar-refractivity contribution in [1.29, 1.82) is 0 Å². The van der Waals surface area contributed by atoms with E-state index in [-0.39, 0.29) is 17.8 Å².